The van der Waals surface area contributed by atoms with Gasteiger partial charge >= 0.3 is 5.97 Å². The van der Waals surface area contributed by atoms with Crippen LogP contribution >= 0.6 is 23.2 Å². The van der Waals surface area contributed by atoms with E-state index >= 15 is 0 Å². The molecule has 132 valence electrons. The van der Waals surface area contributed by atoms with Crippen LogP contribution in [0.5, 0.6) is 5.75 Å². The van der Waals surface area contributed by atoms with Crippen molar-refractivity contribution in [2.75, 3.05) is 25.1 Å². The molecule has 0 amide bonds. The minimum absolute atomic E-state index is 0.0644. The van der Waals surface area contributed by atoms with Crippen LogP contribution in [-0.4, -0.2) is 42.5 Å². The third kappa shape index (κ3) is 4.32. The SMILES string of the molecule is COC(=O)c1ccc(N2CCC(Oc3cc(Cl)ccc3Cl)CC2)nn1. The Morgan fingerprint density at radius 2 is 1.92 bits per heavy atom. The molecule has 0 aliphatic carbocycles. The Balaban J connectivity index is 1.58. The van der Waals surface area contributed by atoms with E-state index in [-0.39, 0.29) is 11.8 Å². The second kappa shape index (κ2) is 7.89. The van der Waals surface area contributed by atoms with Crippen LogP contribution in [0, 0.1) is 0 Å². The van der Waals surface area contributed by atoms with Crippen LogP contribution in [0.25, 0.3) is 0 Å². The molecule has 2 aromatic rings. The molecule has 1 aliphatic rings. The van der Waals surface area contributed by atoms with Crippen LogP contribution in [0.1, 0.15) is 23.3 Å². The predicted molar refractivity (Wildman–Crippen MR) is 95.7 cm³/mol. The Kier molecular flexibility index (Phi) is 5.60. The lowest BCUT2D eigenvalue weighted by Gasteiger charge is -2.32. The summed E-state index contributed by atoms with van der Waals surface area (Å²) in [5.74, 6) is 0.839. The summed E-state index contributed by atoms with van der Waals surface area (Å²) in [5, 5.41) is 9.15. The van der Waals surface area contributed by atoms with Crippen molar-refractivity contribution >= 4 is 35.0 Å². The molecule has 3 rings (SSSR count). The molecular weight excluding hydrogens is 365 g/mol. The van der Waals surface area contributed by atoms with E-state index < -0.39 is 5.97 Å². The van der Waals surface area contributed by atoms with E-state index in [1.807, 2.05) is 0 Å². The first-order chi connectivity index (χ1) is 12.1. The molecule has 1 fully saturated rings. The van der Waals surface area contributed by atoms with Gasteiger partial charge in [-0.2, -0.15) is 0 Å². The predicted octanol–water partition coefficient (Wildman–Crippen LogP) is 3.62. The maximum absolute atomic E-state index is 11.4. The zero-order valence-electron chi connectivity index (χ0n) is 13.6. The van der Waals surface area contributed by atoms with Crippen molar-refractivity contribution in [3.8, 4) is 5.75 Å². The highest BCUT2D eigenvalue weighted by molar-refractivity contribution is 6.34. The van der Waals surface area contributed by atoms with E-state index in [1.54, 1.807) is 30.3 Å². The van der Waals surface area contributed by atoms with Crippen LogP contribution in [0.15, 0.2) is 30.3 Å². The van der Waals surface area contributed by atoms with Crippen LogP contribution in [0.4, 0.5) is 5.82 Å². The number of hydrogen-bond acceptors (Lipinski definition) is 6. The monoisotopic (exact) mass is 381 g/mol. The van der Waals surface area contributed by atoms with Gasteiger partial charge in [0.05, 0.1) is 12.1 Å². The fourth-order valence-electron chi connectivity index (χ4n) is 2.66. The van der Waals surface area contributed by atoms with Gasteiger partial charge in [0, 0.05) is 37.0 Å². The summed E-state index contributed by atoms with van der Waals surface area (Å²) < 4.78 is 10.6. The van der Waals surface area contributed by atoms with E-state index in [1.165, 1.54) is 7.11 Å². The molecule has 25 heavy (non-hydrogen) atoms. The van der Waals surface area contributed by atoms with Crippen LogP contribution in [0.2, 0.25) is 10.0 Å². The standard InChI is InChI=1S/C17H17Cl2N3O3/c1-24-17(23)14-4-5-16(21-20-14)22-8-6-12(7-9-22)25-15-10-11(18)2-3-13(15)19/h2-5,10,12H,6-9H2,1H3. The second-order valence-electron chi connectivity index (χ2n) is 5.65. The lowest BCUT2D eigenvalue weighted by Crippen LogP contribution is -2.38. The van der Waals surface area contributed by atoms with Gasteiger partial charge in [0.1, 0.15) is 11.9 Å². The molecule has 6 nitrogen and oxygen atoms in total. The number of halogens is 2. The van der Waals surface area contributed by atoms with Crippen molar-refractivity contribution in [1.29, 1.82) is 0 Å². The zero-order chi connectivity index (χ0) is 17.8. The fraction of sp³-hybridized carbons (Fsp3) is 0.353. The summed E-state index contributed by atoms with van der Waals surface area (Å²) >= 11 is 12.1. The molecule has 0 bridgehead atoms. The Bertz CT molecular complexity index is 747. The molecule has 0 saturated carbocycles. The number of hydrogen-bond donors (Lipinski definition) is 0. The van der Waals surface area contributed by atoms with Crippen molar-refractivity contribution in [2.45, 2.75) is 18.9 Å². The van der Waals surface area contributed by atoms with Gasteiger partial charge in [0.15, 0.2) is 11.5 Å². The number of rotatable bonds is 4. The first-order valence-electron chi connectivity index (χ1n) is 7.85. The van der Waals surface area contributed by atoms with Crippen molar-refractivity contribution < 1.29 is 14.3 Å². The first kappa shape index (κ1) is 17.8. The van der Waals surface area contributed by atoms with Crippen molar-refractivity contribution in [2.24, 2.45) is 0 Å². The van der Waals surface area contributed by atoms with Gasteiger partial charge in [-0.05, 0) is 24.3 Å². The third-order valence-corrected chi connectivity index (χ3v) is 4.55. The Morgan fingerprint density at radius 3 is 2.56 bits per heavy atom. The highest BCUT2D eigenvalue weighted by atomic mass is 35.5. The van der Waals surface area contributed by atoms with Gasteiger partial charge in [0.2, 0.25) is 0 Å². The molecule has 1 saturated heterocycles. The molecule has 0 unspecified atom stereocenters. The van der Waals surface area contributed by atoms with Crippen LogP contribution in [0.3, 0.4) is 0 Å². The summed E-state index contributed by atoms with van der Waals surface area (Å²) in [4.78, 5) is 13.5. The first-order valence-corrected chi connectivity index (χ1v) is 8.61. The molecule has 0 N–H and O–H groups in total. The molecule has 0 spiro atoms. The molecule has 1 aromatic carbocycles. The number of carbonyl (C=O) groups is 1. The van der Waals surface area contributed by atoms with Gasteiger partial charge < -0.3 is 14.4 Å². The van der Waals surface area contributed by atoms with Gasteiger partial charge in [0.25, 0.3) is 0 Å². The van der Waals surface area contributed by atoms with E-state index in [0.29, 0.717) is 15.8 Å². The maximum atomic E-state index is 11.4. The molecular formula is C17H17Cl2N3O3. The second-order valence-corrected chi connectivity index (χ2v) is 6.49. The summed E-state index contributed by atoms with van der Waals surface area (Å²) in [6.07, 6.45) is 1.71. The van der Waals surface area contributed by atoms with Crippen molar-refractivity contribution in [1.82, 2.24) is 10.2 Å². The minimum Gasteiger partial charge on any atom is -0.489 e. The van der Waals surface area contributed by atoms with Gasteiger partial charge in [-0.25, -0.2) is 4.79 Å². The van der Waals surface area contributed by atoms with Crippen molar-refractivity contribution in [3.63, 3.8) is 0 Å². The molecule has 8 heteroatoms. The largest absolute Gasteiger partial charge is 0.489 e. The third-order valence-electron chi connectivity index (χ3n) is 4.00. The normalized spacial score (nSPS) is 15.1. The minimum atomic E-state index is -0.496. The Hall–Kier alpha value is -2.05. The molecule has 2 heterocycles. The number of anilines is 1. The Labute approximate surface area is 155 Å². The van der Waals surface area contributed by atoms with Gasteiger partial charge in [-0.1, -0.05) is 23.2 Å². The topological polar surface area (TPSA) is 64.5 Å². The van der Waals surface area contributed by atoms with Gasteiger partial charge in [-0.15, -0.1) is 10.2 Å². The Morgan fingerprint density at radius 1 is 1.16 bits per heavy atom. The number of aromatic nitrogens is 2. The van der Waals surface area contributed by atoms with E-state index in [2.05, 4.69) is 19.8 Å². The average molecular weight is 382 g/mol. The molecule has 0 radical (unpaired) electrons. The fourth-order valence-corrected chi connectivity index (χ4v) is 2.98. The van der Waals surface area contributed by atoms with E-state index in [9.17, 15) is 4.79 Å². The highest BCUT2D eigenvalue weighted by Gasteiger charge is 2.23. The number of ether oxygens (including phenoxy) is 2. The lowest BCUT2D eigenvalue weighted by molar-refractivity contribution is 0.0592. The summed E-state index contributed by atoms with van der Waals surface area (Å²) in [5.41, 5.74) is 0.195. The maximum Gasteiger partial charge on any atom is 0.358 e. The summed E-state index contributed by atoms with van der Waals surface area (Å²) in [6.45, 7) is 1.55. The number of esters is 1. The molecule has 1 aromatic heterocycles. The number of piperidine rings is 1. The van der Waals surface area contributed by atoms with E-state index in [0.717, 1.165) is 31.7 Å². The zero-order valence-corrected chi connectivity index (χ0v) is 15.1. The molecule has 0 atom stereocenters. The quantitative estimate of drug-likeness (QED) is 0.753. The number of carbonyl (C=O) groups excluding carboxylic acids is 1. The highest BCUT2D eigenvalue weighted by Crippen LogP contribution is 2.30. The number of benzene rings is 1. The summed E-state index contributed by atoms with van der Waals surface area (Å²) in [6, 6.07) is 8.58. The average Bonchev–Trinajstić information content (AvgIpc) is 2.65. The van der Waals surface area contributed by atoms with Crippen LogP contribution in [-0.2, 0) is 4.74 Å². The summed E-state index contributed by atoms with van der Waals surface area (Å²) in [7, 11) is 1.31. The van der Waals surface area contributed by atoms with Crippen molar-refractivity contribution in [3.05, 3.63) is 46.1 Å². The number of nitrogens with zero attached hydrogens (tertiary/aromatic N) is 3. The lowest BCUT2D eigenvalue weighted by atomic mass is 10.1. The smallest absolute Gasteiger partial charge is 0.358 e. The van der Waals surface area contributed by atoms with Crippen LogP contribution < -0.4 is 9.64 Å². The number of methoxy groups -OCH3 is 1. The van der Waals surface area contributed by atoms with Gasteiger partial charge in [-0.3, -0.25) is 0 Å². The van der Waals surface area contributed by atoms with E-state index in [4.69, 9.17) is 27.9 Å². The molecule has 1 aliphatic heterocycles.